The lowest BCUT2D eigenvalue weighted by Gasteiger charge is -2.34. The van der Waals surface area contributed by atoms with Crippen molar-refractivity contribution < 1.29 is 18.3 Å². The molecule has 2 N–H and O–H groups in total. The molecule has 0 radical (unpaired) electrons. The largest absolute Gasteiger partial charge is 0.451 e. The van der Waals surface area contributed by atoms with Gasteiger partial charge in [0.05, 0.1) is 17.7 Å². The molecule has 2 aliphatic rings. The number of hydrogen-bond acceptors (Lipinski definition) is 6. The van der Waals surface area contributed by atoms with Crippen molar-refractivity contribution in [3.8, 4) is 0 Å². The van der Waals surface area contributed by atoms with Gasteiger partial charge >= 0.3 is 6.18 Å². The fourth-order valence-electron chi connectivity index (χ4n) is 5.22. The van der Waals surface area contributed by atoms with Gasteiger partial charge in [0.25, 0.3) is 0 Å². The van der Waals surface area contributed by atoms with Crippen LogP contribution in [0.1, 0.15) is 29.8 Å². The summed E-state index contributed by atoms with van der Waals surface area (Å²) in [7, 11) is 0. The number of aromatic nitrogens is 2. The van der Waals surface area contributed by atoms with Crippen molar-refractivity contribution >= 4 is 28.3 Å². The predicted octanol–water partition coefficient (Wildman–Crippen LogP) is 4.41. The molecule has 0 bridgehead atoms. The van der Waals surface area contributed by atoms with E-state index in [9.17, 15) is 18.3 Å². The van der Waals surface area contributed by atoms with Gasteiger partial charge in [-0.1, -0.05) is 35.9 Å². The number of nitrogens with zero attached hydrogens (tertiary/aromatic N) is 4. The Morgan fingerprint density at radius 2 is 1.78 bits per heavy atom. The number of rotatable bonds is 5. The van der Waals surface area contributed by atoms with E-state index in [2.05, 4.69) is 20.2 Å². The van der Waals surface area contributed by atoms with Crippen LogP contribution in [0.4, 0.5) is 19.0 Å². The molecule has 0 amide bonds. The molecular formula is C26H29ClF3N5O. The number of anilines is 1. The summed E-state index contributed by atoms with van der Waals surface area (Å²) in [6, 6.07) is 13.0. The van der Waals surface area contributed by atoms with E-state index in [-0.39, 0.29) is 30.0 Å². The van der Waals surface area contributed by atoms with Crippen LogP contribution >= 0.6 is 11.6 Å². The van der Waals surface area contributed by atoms with Crippen LogP contribution in [0.5, 0.6) is 0 Å². The van der Waals surface area contributed by atoms with Gasteiger partial charge in [-0.05, 0) is 62.2 Å². The summed E-state index contributed by atoms with van der Waals surface area (Å²) in [6.07, 6.45) is -3.49. The molecule has 0 spiro atoms. The minimum Gasteiger partial charge on any atom is -0.390 e. The molecule has 36 heavy (non-hydrogen) atoms. The van der Waals surface area contributed by atoms with Crippen LogP contribution in [0.2, 0.25) is 5.02 Å². The second-order valence-electron chi connectivity index (χ2n) is 9.76. The van der Waals surface area contributed by atoms with Gasteiger partial charge in [-0.2, -0.15) is 13.2 Å². The van der Waals surface area contributed by atoms with Gasteiger partial charge in [-0.15, -0.1) is 0 Å². The zero-order valence-electron chi connectivity index (χ0n) is 20.0. The zero-order valence-corrected chi connectivity index (χ0v) is 20.7. The maximum atomic E-state index is 13.5. The third kappa shape index (κ3) is 5.44. The molecule has 3 aromatic rings. The van der Waals surface area contributed by atoms with Crippen molar-refractivity contribution in [2.24, 2.45) is 0 Å². The lowest BCUT2D eigenvalue weighted by molar-refractivity contribution is -0.144. The molecule has 0 unspecified atom stereocenters. The summed E-state index contributed by atoms with van der Waals surface area (Å²) < 4.78 is 40.6. The molecule has 2 atom stereocenters. The lowest BCUT2D eigenvalue weighted by Crippen LogP contribution is -2.49. The standard InChI is InChI=1S/C26H29ClF3N5O/c1-16-3-2-4-20-23(16)24(33-25(32-20)26(28,29)30)35-14-21(22(36)15-35)31-19-9-11-34(12-10-19)13-17-5-7-18(27)8-6-17/h2-8,19,21-22,31,36H,9-15H2,1H3/t21-,22-/m1/s1. The molecule has 192 valence electrons. The summed E-state index contributed by atoms with van der Waals surface area (Å²) in [6.45, 7) is 5.15. The number of aliphatic hydroxyl groups excluding tert-OH is 1. The third-order valence-corrected chi connectivity index (χ3v) is 7.36. The van der Waals surface area contributed by atoms with Crippen molar-refractivity contribution in [2.45, 2.75) is 50.7 Å². The summed E-state index contributed by atoms with van der Waals surface area (Å²) in [5.74, 6) is -0.930. The number of hydrogen-bond donors (Lipinski definition) is 2. The number of likely N-dealkylation sites (tertiary alicyclic amines) is 1. The monoisotopic (exact) mass is 519 g/mol. The summed E-state index contributed by atoms with van der Waals surface area (Å²) >= 11 is 5.98. The highest BCUT2D eigenvalue weighted by molar-refractivity contribution is 6.30. The first-order valence-corrected chi connectivity index (χ1v) is 12.6. The normalized spacial score (nSPS) is 22.0. The predicted molar refractivity (Wildman–Crippen MR) is 134 cm³/mol. The molecule has 1 aromatic heterocycles. The molecular weight excluding hydrogens is 491 g/mol. The van der Waals surface area contributed by atoms with Crippen molar-refractivity contribution in [1.29, 1.82) is 0 Å². The first kappa shape index (κ1) is 25.2. The molecule has 2 aromatic carbocycles. The number of aryl methyl sites for hydroxylation is 1. The van der Waals surface area contributed by atoms with Crippen molar-refractivity contribution in [2.75, 3.05) is 31.1 Å². The fraction of sp³-hybridized carbons (Fsp3) is 0.462. The van der Waals surface area contributed by atoms with E-state index in [0.717, 1.165) is 43.1 Å². The van der Waals surface area contributed by atoms with E-state index in [1.165, 1.54) is 5.56 Å². The highest BCUT2D eigenvalue weighted by Crippen LogP contribution is 2.34. The Bertz CT molecular complexity index is 1210. The number of aliphatic hydroxyl groups is 1. The molecule has 2 fully saturated rings. The second kappa shape index (κ2) is 10.1. The number of benzene rings is 2. The topological polar surface area (TPSA) is 64.5 Å². The summed E-state index contributed by atoms with van der Waals surface area (Å²) in [5.41, 5.74) is 2.28. The Hall–Kier alpha value is -2.46. The van der Waals surface area contributed by atoms with Gasteiger partial charge in [-0.3, -0.25) is 4.90 Å². The second-order valence-corrected chi connectivity index (χ2v) is 10.2. The van der Waals surface area contributed by atoms with Crippen LogP contribution in [0.15, 0.2) is 42.5 Å². The lowest BCUT2D eigenvalue weighted by atomic mass is 10.0. The maximum absolute atomic E-state index is 13.5. The number of fused-ring (bicyclic) bond motifs is 1. The summed E-state index contributed by atoms with van der Waals surface area (Å²) in [5, 5.41) is 15.7. The van der Waals surface area contributed by atoms with Gasteiger partial charge in [0, 0.05) is 36.1 Å². The van der Waals surface area contributed by atoms with Crippen LogP contribution in [-0.4, -0.2) is 64.3 Å². The zero-order chi connectivity index (χ0) is 25.4. The van der Waals surface area contributed by atoms with Crippen LogP contribution in [-0.2, 0) is 12.7 Å². The highest BCUT2D eigenvalue weighted by atomic mass is 35.5. The van der Waals surface area contributed by atoms with Crippen molar-refractivity contribution in [3.63, 3.8) is 0 Å². The molecule has 10 heteroatoms. The first-order valence-electron chi connectivity index (χ1n) is 12.2. The Morgan fingerprint density at radius 1 is 1.06 bits per heavy atom. The quantitative estimate of drug-likeness (QED) is 0.520. The van der Waals surface area contributed by atoms with Crippen molar-refractivity contribution in [1.82, 2.24) is 20.2 Å². The third-order valence-electron chi connectivity index (χ3n) is 7.11. The van der Waals surface area contributed by atoms with Crippen LogP contribution < -0.4 is 10.2 Å². The minimum absolute atomic E-state index is 0.213. The van der Waals surface area contributed by atoms with E-state index in [4.69, 9.17) is 11.6 Å². The van der Waals surface area contributed by atoms with Crippen molar-refractivity contribution in [3.05, 3.63) is 64.4 Å². The van der Waals surface area contributed by atoms with Gasteiger partial charge in [0.1, 0.15) is 5.82 Å². The van der Waals surface area contributed by atoms with Gasteiger partial charge in [0.15, 0.2) is 0 Å². The van der Waals surface area contributed by atoms with E-state index in [0.29, 0.717) is 11.9 Å². The van der Waals surface area contributed by atoms with E-state index in [1.807, 2.05) is 37.3 Å². The molecule has 0 aliphatic carbocycles. The number of β-amino-alcohol motifs (C(OH)–C–C–N with tert-alkyl or cyclic N) is 1. The van der Waals surface area contributed by atoms with Crippen LogP contribution in [0.25, 0.3) is 10.9 Å². The Balaban J connectivity index is 1.25. The van der Waals surface area contributed by atoms with Gasteiger partial charge < -0.3 is 15.3 Å². The van der Waals surface area contributed by atoms with Gasteiger partial charge in [-0.25, -0.2) is 9.97 Å². The maximum Gasteiger partial charge on any atom is 0.451 e. The number of halogens is 4. The molecule has 3 heterocycles. The Kier molecular flexibility index (Phi) is 7.09. The Morgan fingerprint density at radius 3 is 2.47 bits per heavy atom. The number of alkyl halides is 3. The Labute approximate surface area is 213 Å². The van der Waals surface area contributed by atoms with E-state index in [1.54, 1.807) is 17.0 Å². The fourth-order valence-corrected chi connectivity index (χ4v) is 5.35. The van der Waals surface area contributed by atoms with E-state index >= 15 is 0 Å². The smallest absolute Gasteiger partial charge is 0.390 e. The minimum atomic E-state index is -4.65. The number of nitrogens with one attached hydrogen (secondary N) is 1. The first-order chi connectivity index (χ1) is 17.2. The molecule has 0 saturated carbocycles. The average molecular weight is 520 g/mol. The highest BCUT2D eigenvalue weighted by Gasteiger charge is 2.39. The number of piperidine rings is 1. The van der Waals surface area contributed by atoms with E-state index < -0.39 is 18.1 Å². The molecule has 6 nitrogen and oxygen atoms in total. The SMILES string of the molecule is Cc1cccc2nc(C(F)(F)F)nc(N3C[C@@H](O)[C@H](NC4CCN(Cc5ccc(Cl)cc5)CC4)C3)c12. The summed E-state index contributed by atoms with van der Waals surface area (Å²) in [4.78, 5) is 11.8. The van der Waals surface area contributed by atoms with Gasteiger partial charge in [0.2, 0.25) is 5.82 Å². The molecule has 2 aliphatic heterocycles. The average Bonchev–Trinajstić information content (AvgIpc) is 3.20. The van der Waals surface area contributed by atoms with Crippen LogP contribution in [0.3, 0.4) is 0 Å². The van der Waals surface area contributed by atoms with Crippen LogP contribution in [0, 0.1) is 6.92 Å². The molecule has 2 saturated heterocycles. The molecule has 5 rings (SSSR count).